The van der Waals surface area contributed by atoms with E-state index >= 15 is 0 Å². The van der Waals surface area contributed by atoms with Crippen molar-refractivity contribution in [3.05, 3.63) is 29.8 Å². The summed E-state index contributed by atoms with van der Waals surface area (Å²) in [5.41, 5.74) is 0.587. The normalized spacial score (nSPS) is 20.5. The molecule has 0 spiro atoms. The second-order valence-corrected chi connectivity index (χ2v) is 6.68. The molecule has 3 rings (SSSR count). The first-order valence-electron chi connectivity index (χ1n) is 9.03. The molecule has 0 aromatic heterocycles. The van der Waals surface area contributed by atoms with E-state index in [1.54, 1.807) is 46.1 Å². The maximum absolute atomic E-state index is 12.7. The number of ether oxygens (including phenoxy) is 1. The van der Waals surface area contributed by atoms with Gasteiger partial charge in [-0.1, -0.05) is 6.07 Å². The lowest BCUT2D eigenvalue weighted by atomic mass is 10.1. The number of carbonyl (C=O) groups is 3. The second kappa shape index (κ2) is 7.76. The van der Waals surface area contributed by atoms with E-state index < -0.39 is 0 Å². The van der Waals surface area contributed by atoms with Crippen molar-refractivity contribution in [2.75, 3.05) is 46.4 Å². The van der Waals surface area contributed by atoms with Gasteiger partial charge < -0.3 is 19.4 Å². The summed E-state index contributed by atoms with van der Waals surface area (Å²) in [6.45, 7) is 5.09. The van der Waals surface area contributed by atoms with Crippen LogP contribution in [0.3, 0.4) is 0 Å². The molecule has 1 aromatic carbocycles. The molecule has 1 atom stereocenters. The number of nitrogens with zero attached hydrogens (tertiary/aromatic N) is 3. The lowest BCUT2D eigenvalue weighted by Crippen LogP contribution is -2.52. The number of methoxy groups -OCH3 is 1. The van der Waals surface area contributed by atoms with Gasteiger partial charge in [0, 0.05) is 51.3 Å². The van der Waals surface area contributed by atoms with Crippen molar-refractivity contribution in [3.8, 4) is 5.75 Å². The summed E-state index contributed by atoms with van der Waals surface area (Å²) in [7, 11) is 1.57. The Labute approximate surface area is 153 Å². The highest BCUT2D eigenvalue weighted by molar-refractivity contribution is 5.95. The van der Waals surface area contributed by atoms with Crippen LogP contribution in [0, 0.1) is 5.92 Å². The maximum Gasteiger partial charge on any atom is 0.254 e. The Morgan fingerprint density at radius 1 is 1.15 bits per heavy atom. The molecule has 26 heavy (non-hydrogen) atoms. The number of hydrogen-bond acceptors (Lipinski definition) is 4. The lowest BCUT2D eigenvalue weighted by Gasteiger charge is -2.36. The summed E-state index contributed by atoms with van der Waals surface area (Å²) < 4.78 is 5.17. The van der Waals surface area contributed by atoms with Crippen molar-refractivity contribution in [1.29, 1.82) is 0 Å². The Balaban J connectivity index is 1.56. The average Bonchev–Trinajstić information content (AvgIpc) is 3.07. The molecular weight excluding hydrogens is 334 g/mol. The fourth-order valence-corrected chi connectivity index (χ4v) is 3.57. The summed E-state index contributed by atoms with van der Waals surface area (Å²) in [6, 6.07) is 7.09. The highest BCUT2D eigenvalue weighted by Gasteiger charge is 2.37. The number of hydrogen-bond donors (Lipinski definition) is 0. The Bertz CT molecular complexity index is 698. The first-order valence-corrected chi connectivity index (χ1v) is 9.03. The zero-order valence-electron chi connectivity index (χ0n) is 15.3. The summed E-state index contributed by atoms with van der Waals surface area (Å²) >= 11 is 0. The minimum atomic E-state index is -0.247. The largest absolute Gasteiger partial charge is 0.497 e. The topological polar surface area (TPSA) is 70.2 Å². The molecule has 0 bridgehead atoms. The third kappa shape index (κ3) is 3.66. The van der Waals surface area contributed by atoms with E-state index in [2.05, 4.69) is 0 Å². The van der Waals surface area contributed by atoms with Gasteiger partial charge in [0.2, 0.25) is 11.8 Å². The van der Waals surface area contributed by atoms with Gasteiger partial charge >= 0.3 is 0 Å². The highest BCUT2D eigenvalue weighted by atomic mass is 16.5. The van der Waals surface area contributed by atoms with Crippen molar-refractivity contribution in [3.63, 3.8) is 0 Å². The van der Waals surface area contributed by atoms with E-state index in [0.29, 0.717) is 57.0 Å². The van der Waals surface area contributed by atoms with Gasteiger partial charge in [0.1, 0.15) is 5.75 Å². The Morgan fingerprint density at radius 2 is 1.85 bits per heavy atom. The minimum absolute atomic E-state index is 0.0304. The van der Waals surface area contributed by atoms with Crippen LogP contribution < -0.4 is 4.74 Å². The van der Waals surface area contributed by atoms with E-state index in [0.717, 1.165) is 0 Å². The molecule has 2 heterocycles. The summed E-state index contributed by atoms with van der Waals surface area (Å²) in [5, 5.41) is 0. The number of likely N-dealkylation sites (tertiary alicyclic amines) is 1. The summed E-state index contributed by atoms with van der Waals surface area (Å²) in [5.74, 6) is 0.434. The Morgan fingerprint density at radius 3 is 2.46 bits per heavy atom. The second-order valence-electron chi connectivity index (χ2n) is 6.68. The van der Waals surface area contributed by atoms with Crippen LogP contribution in [-0.2, 0) is 9.59 Å². The van der Waals surface area contributed by atoms with Gasteiger partial charge in [-0.05, 0) is 25.1 Å². The molecule has 3 amide bonds. The molecule has 140 valence electrons. The summed E-state index contributed by atoms with van der Waals surface area (Å²) in [4.78, 5) is 42.4. The molecule has 0 radical (unpaired) electrons. The van der Waals surface area contributed by atoms with Gasteiger partial charge in [0.25, 0.3) is 5.91 Å². The van der Waals surface area contributed by atoms with E-state index in [4.69, 9.17) is 4.74 Å². The first kappa shape index (κ1) is 18.2. The van der Waals surface area contributed by atoms with Gasteiger partial charge in [0.05, 0.1) is 13.0 Å². The predicted octanol–water partition coefficient (Wildman–Crippen LogP) is 0.848. The molecule has 0 saturated carbocycles. The number of piperazine rings is 1. The van der Waals surface area contributed by atoms with Crippen molar-refractivity contribution in [1.82, 2.24) is 14.7 Å². The SMILES string of the molecule is CCN1C[C@@H](C(=O)N2CCN(C(=O)c3cccc(OC)c3)CC2)CC1=O. The van der Waals surface area contributed by atoms with Gasteiger partial charge in [-0.2, -0.15) is 0 Å². The van der Waals surface area contributed by atoms with E-state index in [-0.39, 0.29) is 23.6 Å². The fourth-order valence-electron chi connectivity index (χ4n) is 3.57. The zero-order valence-corrected chi connectivity index (χ0v) is 15.3. The van der Waals surface area contributed by atoms with Crippen LogP contribution in [0.25, 0.3) is 0 Å². The van der Waals surface area contributed by atoms with Gasteiger partial charge in [-0.3, -0.25) is 14.4 Å². The molecule has 0 aliphatic carbocycles. The molecule has 0 unspecified atom stereocenters. The van der Waals surface area contributed by atoms with Gasteiger partial charge in [-0.25, -0.2) is 0 Å². The number of amides is 3. The Hall–Kier alpha value is -2.57. The van der Waals surface area contributed by atoms with Crippen LogP contribution in [-0.4, -0.2) is 78.8 Å². The maximum atomic E-state index is 12.7. The van der Waals surface area contributed by atoms with Crippen molar-refractivity contribution in [2.24, 2.45) is 5.92 Å². The van der Waals surface area contributed by atoms with E-state index in [1.165, 1.54) is 0 Å². The number of benzene rings is 1. The third-order valence-electron chi connectivity index (χ3n) is 5.14. The van der Waals surface area contributed by atoms with Crippen molar-refractivity contribution < 1.29 is 19.1 Å². The van der Waals surface area contributed by atoms with Gasteiger partial charge in [-0.15, -0.1) is 0 Å². The van der Waals surface area contributed by atoms with Crippen LogP contribution in [0.4, 0.5) is 0 Å². The Kier molecular flexibility index (Phi) is 5.44. The van der Waals surface area contributed by atoms with Crippen molar-refractivity contribution >= 4 is 17.7 Å². The molecule has 7 heteroatoms. The molecular formula is C19H25N3O4. The molecule has 2 fully saturated rings. The number of carbonyl (C=O) groups excluding carboxylic acids is 3. The van der Waals surface area contributed by atoms with E-state index in [9.17, 15) is 14.4 Å². The predicted molar refractivity (Wildman–Crippen MR) is 95.8 cm³/mol. The van der Waals surface area contributed by atoms with Crippen LogP contribution in [0.2, 0.25) is 0 Å². The molecule has 2 aliphatic heterocycles. The fraction of sp³-hybridized carbons (Fsp3) is 0.526. The van der Waals surface area contributed by atoms with E-state index in [1.807, 2.05) is 6.92 Å². The first-order chi connectivity index (χ1) is 12.5. The highest BCUT2D eigenvalue weighted by Crippen LogP contribution is 2.21. The lowest BCUT2D eigenvalue weighted by molar-refractivity contribution is -0.137. The smallest absolute Gasteiger partial charge is 0.254 e. The number of rotatable bonds is 4. The minimum Gasteiger partial charge on any atom is -0.497 e. The zero-order chi connectivity index (χ0) is 18.7. The van der Waals surface area contributed by atoms with Crippen LogP contribution in [0.5, 0.6) is 5.75 Å². The molecule has 0 N–H and O–H groups in total. The van der Waals surface area contributed by atoms with Crippen LogP contribution in [0.15, 0.2) is 24.3 Å². The molecule has 2 aliphatic rings. The van der Waals surface area contributed by atoms with Crippen LogP contribution >= 0.6 is 0 Å². The molecule has 1 aromatic rings. The molecule has 7 nitrogen and oxygen atoms in total. The standard InChI is InChI=1S/C19H25N3O4/c1-3-20-13-15(12-17(20)23)19(25)22-9-7-21(8-10-22)18(24)14-5-4-6-16(11-14)26-2/h4-6,11,15H,3,7-10,12-13H2,1-2H3/t15-/m0/s1. The summed E-state index contributed by atoms with van der Waals surface area (Å²) in [6.07, 6.45) is 0.301. The third-order valence-corrected chi connectivity index (χ3v) is 5.14. The van der Waals surface area contributed by atoms with Crippen LogP contribution in [0.1, 0.15) is 23.7 Å². The molecule has 2 saturated heterocycles. The van der Waals surface area contributed by atoms with Crippen molar-refractivity contribution in [2.45, 2.75) is 13.3 Å². The van der Waals surface area contributed by atoms with Gasteiger partial charge in [0.15, 0.2) is 0 Å². The average molecular weight is 359 g/mol. The quantitative estimate of drug-likeness (QED) is 0.799. The monoisotopic (exact) mass is 359 g/mol.